The van der Waals surface area contributed by atoms with E-state index >= 15 is 0 Å². The van der Waals surface area contributed by atoms with Gasteiger partial charge < -0.3 is 10.4 Å². The van der Waals surface area contributed by atoms with Crippen LogP contribution in [0.25, 0.3) is 0 Å². The smallest absolute Gasteiger partial charge is 0.303 e. The molecule has 0 fully saturated rings. The molecule has 1 unspecified atom stereocenters. The van der Waals surface area contributed by atoms with Crippen LogP contribution in [0.15, 0.2) is 76.7 Å². The molecule has 4 rings (SSSR count). The van der Waals surface area contributed by atoms with E-state index in [4.69, 9.17) is 5.11 Å². The van der Waals surface area contributed by atoms with Gasteiger partial charge in [-0.3, -0.25) is 19.1 Å². The summed E-state index contributed by atoms with van der Waals surface area (Å²) in [6, 6.07) is 17.1. The Balaban J connectivity index is 1.42. The lowest BCUT2D eigenvalue weighted by Gasteiger charge is -2.12. The first-order chi connectivity index (χ1) is 17.5. The summed E-state index contributed by atoms with van der Waals surface area (Å²) in [5.41, 5.74) is 4.82. The minimum absolute atomic E-state index is 0.0150. The van der Waals surface area contributed by atoms with Crippen LogP contribution in [0.5, 0.6) is 0 Å². The molecule has 1 atom stereocenters. The lowest BCUT2D eigenvalue weighted by atomic mass is 9.98. The molecule has 12 heteroatoms. The van der Waals surface area contributed by atoms with Crippen molar-refractivity contribution in [2.45, 2.75) is 24.2 Å². The van der Waals surface area contributed by atoms with Crippen molar-refractivity contribution >= 4 is 67.5 Å². The third-order valence-corrected chi connectivity index (χ3v) is 7.68. The average Bonchev–Trinajstić information content (AvgIpc) is 3.16. The summed E-state index contributed by atoms with van der Waals surface area (Å²) in [5.74, 6) is -2.18. The number of nitrogens with zero attached hydrogens (tertiary/aromatic N) is 1. The minimum atomic E-state index is -3.91. The molecule has 2 amide bonds. The molecule has 0 saturated carbocycles. The maximum absolute atomic E-state index is 12.7. The number of halogens is 1. The Kier molecular flexibility index (Phi) is 7.59. The molecule has 0 aromatic heterocycles. The summed E-state index contributed by atoms with van der Waals surface area (Å²) in [4.78, 5) is 35.6. The lowest BCUT2D eigenvalue weighted by molar-refractivity contribution is -0.137. The van der Waals surface area contributed by atoms with Crippen molar-refractivity contribution in [2.24, 2.45) is 5.10 Å². The number of benzene rings is 3. The number of amides is 2. The molecule has 1 aliphatic heterocycles. The molecular weight excluding hydrogens is 611 g/mol. The van der Waals surface area contributed by atoms with Crippen molar-refractivity contribution < 1.29 is 27.9 Å². The Morgan fingerprint density at radius 2 is 1.73 bits per heavy atom. The van der Waals surface area contributed by atoms with Crippen molar-refractivity contribution in [3.05, 3.63) is 87.0 Å². The van der Waals surface area contributed by atoms with E-state index < -0.39 is 27.8 Å². The molecule has 1 aliphatic rings. The molecule has 0 spiro atoms. The van der Waals surface area contributed by atoms with Crippen molar-refractivity contribution in [1.82, 2.24) is 5.43 Å². The van der Waals surface area contributed by atoms with Crippen LogP contribution in [-0.2, 0) is 19.6 Å². The number of carboxylic acids is 1. The van der Waals surface area contributed by atoms with Gasteiger partial charge in [-0.2, -0.15) is 5.10 Å². The van der Waals surface area contributed by atoms with Crippen LogP contribution in [0.1, 0.15) is 40.7 Å². The van der Waals surface area contributed by atoms with Crippen LogP contribution in [0.3, 0.4) is 0 Å². The Hall–Kier alpha value is -3.78. The first-order valence-corrected chi connectivity index (χ1v) is 13.5. The van der Waals surface area contributed by atoms with E-state index in [1.165, 1.54) is 36.4 Å². The third-order valence-electron chi connectivity index (χ3n) is 5.61. The molecule has 37 heavy (non-hydrogen) atoms. The second kappa shape index (κ2) is 10.7. The van der Waals surface area contributed by atoms with Crippen LogP contribution in [-0.4, -0.2) is 37.0 Å². The molecule has 190 valence electrons. The SMILES string of the molecule is CC(CC(=O)O)c1ccc(S(=O)(=O)Nc2ccc(C(=O)NN=C3C(=O)Nc4ccc(I)cc43)cc2)cc1. The van der Waals surface area contributed by atoms with Gasteiger partial charge in [0.25, 0.3) is 21.8 Å². The number of anilines is 2. The van der Waals surface area contributed by atoms with Gasteiger partial charge in [0.2, 0.25) is 0 Å². The van der Waals surface area contributed by atoms with E-state index in [0.29, 0.717) is 16.8 Å². The summed E-state index contributed by atoms with van der Waals surface area (Å²) in [6.07, 6.45) is -0.0588. The molecule has 3 aromatic carbocycles. The predicted octanol–water partition coefficient (Wildman–Crippen LogP) is 3.76. The Morgan fingerprint density at radius 1 is 1.05 bits per heavy atom. The second-order valence-electron chi connectivity index (χ2n) is 8.30. The van der Waals surface area contributed by atoms with Crippen LogP contribution < -0.4 is 15.5 Å². The number of carbonyl (C=O) groups is 3. The molecule has 1 heterocycles. The molecule has 10 nitrogen and oxygen atoms in total. The second-order valence-corrected chi connectivity index (χ2v) is 11.2. The van der Waals surface area contributed by atoms with Gasteiger partial charge in [0.15, 0.2) is 5.71 Å². The normalized spacial score (nSPS) is 14.5. The zero-order chi connectivity index (χ0) is 26.7. The van der Waals surface area contributed by atoms with Gasteiger partial charge in [-0.05, 0) is 88.7 Å². The number of carbonyl (C=O) groups excluding carboxylic acids is 2. The van der Waals surface area contributed by atoms with Crippen molar-refractivity contribution in [3.63, 3.8) is 0 Å². The fourth-order valence-electron chi connectivity index (χ4n) is 3.67. The number of rotatable bonds is 8. The standard InChI is InChI=1S/C25H21IN4O6S/c1-14(12-22(31)32)15-4-9-19(10-5-15)37(35,36)30-18-7-2-16(3-8-18)24(33)29-28-23-20-13-17(26)6-11-21(20)27-25(23)34/h2-11,13-14,30H,12H2,1H3,(H,29,33)(H,31,32)(H,27,28,34). The number of hydrogen-bond acceptors (Lipinski definition) is 6. The molecule has 4 N–H and O–H groups in total. The predicted molar refractivity (Wildman–Crippen MR) is 146 cm³/mol. The zero-order valence-electron chi connectivity index (χ0n) is 19.4. The maximum Gasteiger partial charge on any atom is 0.303 e. The zero-order valence-corrected chi connectivity index (χ0v) is 22.3. The lowest BCUT2D eigenvalue weighted by Crippen LogP contribution is -2.23. The van der Waals surface area contributed by atoms with E-state index in [1.807, 2.05) is 6.07 Å². The highest BCUT2D eigenvalue weighted by Crippen LogP contribution is 2.25. The third kappa shape index (κ3) is 6.14. The highest BCUT2D eigenvalue weighted by Gasteiger charge is 2.26. The van der Waals surface area contributed by atoms with Crippen molar-refractivity contribution in [3.8, 4) is 0 Å². The summed E-state index contributed by atoms with van der Waals surface area (Å²) in [6.45, 7) is 1.75. The van der Waals surface area contributed by atoms with E-state index in [1.54, 1.807) is 31.2 Å². The van der Waals surface area contributed by atoms with Gasteiger partial charge in [0.1, 0.15) is 0 Å². The number of aliphatic carboxylic acids is 1. The van der Waals surface area contributed by atoms with E-state index in [9.17, 15) is 22.8 Å². The van der Waals surface area contributed by atoms with Crippen LogP contribution in [0, 0.1) is 3.57 Å². The molecule has 0 bridgehead atoms. The number of hydrazone groups is 1. The highest BCUT2D eigenvalue weighted by atomic mass is 127. The van der Waals surface area contributed by atoms with Crippen LogP contribution >= 0.6 is 22.6 Å². The number of hydrogen-bond donors (Lipinski definition) is 4. The molecule has 0 aliphatic carbocycles. The Labute approximate surface area is 226 Å². The van der Waals surface area contributed by atoms with Gasteiger partial charge in [0, 0.05) is 20.4 Å². The maximum atomic E-state index is 12.7. The number of fused-ring (bicyclic) bond motifs is 1. The van der Waals surface area contributed by atoms with Gasteiger partial charge in [0.05, 0.1) is 17.0 Å². The largest absolute Gasteiger partial charge is 0.481 e. The van der Waals surface area contributed by atoms with E-state index in [2.05, 4.69) is 43.2 Å². The fourth-order valence-corrected chi connectivity index (χ4v) is 5.22. The monoisotopic (exact) mass is 632 g/mol. The highest BCUT2D eigenvalue weighted by molar-refractivity contribution is 14.1. The molecule has 3 aromatic rings. The topological polar surface area (TPSA) is 154 Å². The first-order valence-electron chi connectivity index (χ1n) is 11.0. The number of nitrogens with one attached hydrogen (secondary N) is 3. The van der Waals surface area contributed by atoms with Gasteiger partial charge in [-0.1, -0.05) is 19.1 Å². The van der Waals surface area contributed by atoms with Crippen molar-refractivity contribution in [1.29, 1.82) is 0 Å². The van der Waals surface area contributed by atoms with Crippen LogP contribution in [0.4, 0.5) is 11.4 Å². The molecule has 0 saturated heterocycles. The summed E-state index contributed by atoms with van der Waals surface area (Å²) >= 11 is 2.11. The van der Waals surface area contributed by atoms with Crippen molar-refractivity contribution in [2.75, 3.05) is 10.0 Å². The Morgan fingerprint density at radius 3 is 2.38 bits per heavy atom. The molecular formula is C25H21IN4O6S. The minimum Gasteiger partial charge on any atom is -0.481 e. The fraction of sp³-hybridized carbons (Fsp3) is 0.120. The summed E-state index contributed by atoms with van der Waals surface area (Å²) in [7, 11) is -3.91. The van der Waals surface area contributed by atoms with Crippen LogP contribution in [0.2, 0.25) is 0 Å². The number of carboxylic acid groups (broad SMARTS) is 1. The van der Waals surface area contributed by atoms with Gasteiger partial charge >= 0.3 is 5.97 Å². The first kappa shape index (κ1) is 26.3. The number of sulfonamides is 1. The Bertz CT molecular complexity index is 1520. The molecule has 0 radical (unpaired) electrons. The summed E-state index contributed by atoms with van der Waals surface area (Å²) in [5, 5.41) is 15.6. The average molecular weight is 632 g/mol. The van der Waals surface area contributed by atoms with E-state index in [-0.39, 0.29) is 34.2 Å². The summed E-state index contributed by atoms with van der Waals surface area (Å²) < 4.78 is 28.8. The van der Waals surface area contributed by atoms with Gasteiger partial charge in [-0.25, -0.2) is 13.8 Å². The van der Waals surface area contributed by atoms with E-state index in [0.717, 1.165) is 3.57 Å². The quantitative estimate of drug-likeness (QED) is 0.219. The van der Waals surface area contributed by atoms with Gasteiger partial charge in [-0.15, -0.1) is 0 Å².